The molecule has 2 fully saturated rings. The van der Waals surface area contributed by atoms with Crippen molar-refractivity contribution in [2.75, 3.05) is 32.7 Å². The van der Waals surface area contributed by atoms with E-state index in [1.54, 1.807) is 17.0 Å². The van der Waals surface area contributed by atoms with Gasteiger partial charge in [-0.1, -0.05) is 37.5 Å². The fraction of sp³-hybridized carbons (Fsp3) is 0.619. The molecular weight excluding hydrogens is 342 g/mol. The maximum absolute atomic E-state index is 12.5. The van der Waals surface area contributed by atoms with Crippen LogP contribution in [0.4, 0.5) is 0 Å². The normalized spacial score (nSPS) is 24.7. The Morgan fingerprint density at radius 1 is 1.00 bits per heavy atom. The Morgan fingerprint density at radius 3 is 2.33 bits per heavy atom. The highest BCUT2D eigenvalue weighted by molar-refractivity contribution is 5.94. The minimum absolute atomic E-state index is 0.0255. The van der Waals surface area contributed by atoms with Crippen LogP contribution in [0.15, 0.2) is 30.3 Å². The molecule has 2 atom stereocenters. The molecule has 2 amide bonds. The summed E-state index contributed by atoms with van der Waals surface area (Å²) < 4.78 is 0. The molecule has 0 radical (unpaired) electrons. The van der Waals surface area contributed by atoms with Crippen LogP contribution in [-0.4, -0.2) is 71.6 Å². The average Bonchev–Trinajstić information content (AvgIpc) is 2.65. The second-order valence-corrected chi connectivity index (χ2v) is 7.69. The molecule has 1 aromatic rings. The molecule has 2 unspecified atom stereocenters. The molecule has 6 nitrogen and oxygen atoms in total. The van der Waals surface area contributed by atoms with Crippen LogP contribution in [-0.2, 0) is 4.79 Å². The highest BCUT2D eigenvalue weighted by Gasteiger charge is 2.31. The summed E-state index contributed by atoms with van der Waals surface area (Å²) in [6.07, 6.45) is 5.92. The Kier molecular flexibility index (Phi) is 7.24. The summed E-state index contributed by atoms with van der Waals surface area (Å²) in [6.45, 7) is 3.14. The van der Waals surface area contributed by atoms with E-state index in [4.69, 9.17) is 0 Å². The number of benzene rings is 1. The van der Waals surface area contributed by atoms with Gasteiger partial charge in [-0.15, -0.1) is 0 Å². The van der Waals surface area contributed by atoms with Gasteiger partial charge in [-0.2, -0.15) is 0 Å². The highest BCUT2D eigenvalue weighted by Crippen LogP contribution is 2.15. The summed E-state index contributed by atoms with van der Waals surface area (Å²) >= 11 is 0. The predicted octanol–water partition coefficient (Wildman–Crippen LogP) is 1.64. The first-order chi connectivity index (χ1) is 13.1. The van der Waals surface area contributed by atoms with Crippen molar-refractivity contribution in [1.29, 1.82) is 0 Å². The fourth-order valence-corrected chi connectivity index (χ4v) is 3.97. The second kappa shape index (κ2) is 9.85. The van der Waals surface area contributed by atoms with Crippen LogP contribution < -0.4 is 5.32 Å². The summed E-state index contributed by atoms with van der Waals surface area (Å²) in [5.41, 5.74) is 0.629. The maximum atomic E-state index is 12.5. The van der Waals surface area contributed by atoms with Crippen LogP contribution >= 0.6 is 0 Å². The number of likely N-dealkylation sites (tertiary alicyclic amines) is 2. The molecule has 0 saturated carbocycles. The molecule has 0 spiro atoms. The molecule has 2 aliphatic heterocycles. The number of nitrogens with zero attached hydrogens (tertiary/aromatic N) is 2. The number of β-amino-alcohol motifs (C(OH)–C–C–N with tert-alkyl or cyclic N) is 1. The van der Waals surface area contributed by atoms with Crippen molar-refractivity contribution in [3.63, 3.8) is 0 Å². The summed E-state index contributed by atoms with van der Waals surface area (Å²) in [5, 5.41) is 13.4. The molecule has 0 aromatic heterocycles. The molecule has 2 aliphatic rings. The van der Waals surface area contributed by atoms with Gasteiger partial charge in [-0.05, 0) is 44.5 Å². The number of rotatable bonds is 4. The van der Waals surface area contributed by atoms with Crippen molar-refractivity contribution in [2.24, 2.45) is 0 Å². The third-order valence-corrected chi connectivity index (χ3v) is 5.55. The van der Waals surface area contributed by atoms with E-state index in [0.29, 0.717) is 25.1 Å². The summed E-state index contributed by atoms with van der Waals surface area (Å²) in [7, 11) is 0. The van der Waals surface area contributed by atoms with Crippen molar-refractivity contribution in [3.05, 3.63) is 35.9 Å². The smallest absolute Gasteiger partial charge is 0.253 e. The largest absolute Gasteiger partial charge is 0.389 e. The van der Waals surface area contributed by atoms with Gasteiger partial charge in [0, 0.05) is 18.7 Å². The van der Waals surface area contributed by atoms with Crippen LogP contribution in [0.2, 0.25) is 0 Å². The Balaban J connectivity index is 1.46. The fourth-order valence-electron chi connectivity index (χ4n) is 3.97. The zero-order valence-corrected chi connectivity index (χ0v) is 16.0. The average molecular weight is 373 g/mol. The van der Waals surface area contributed by atoms with Gasteiger partial charge < -0.3 is 15.3 Å². The van der Waals surface area contributed by atoms with Gasteiger partial charge in [-0.25, -0.2) is 0 Å². The van der Waals surface area contributed by atoms with Crippen molar-refractivity contribution < 1.29 is 14.7 Å². The van der Waals surface area contributed by atoms with Gasteiger partial charge in [0.1, 0.15) is 0 Å². The summed E-state index contributed by atoms with van der Waals surface area (Å²) in [4.78, 5) is 28.8. The number of hydrogen-bond donors (Lipinski definition) is 2. The Bertz CT molecular complexity index is 614. The number of aliphatic hydroxyl groups excluding tert-OH is 1. The van der Waals surface area contributed by atoms with E-state index in [-0.39, 0.29) is 24.4 Å². The monoisotopic (exact) mass is 373 g/mol. The second-order valence-electron chi connectivity index (χ2n) is 7.69. The lowest BCUT2D eigenvalue weighted by Gasteiger charge is -2.36. The minimum atomic E-state index is -0.734. The molecule has 2 N–H and O–H groups in total. The summed E-state index contributed by atoms with van der Waals surface area (Å²) in [5.74, 6) is -0.0949. The third-order valence-electron chi connectivity index (χ3n) is 5.55. The molecule has 27 heavy (non-hydrogen) atoms. The van der Waals surface area contributed by atoms with E-state index >= 15 is 0 Å². The van der Waals surface area contributed by atoms with Crippen molar-refractivity contribution in [1.82, 2.24) is 15.1 Å². The lowest BCUT2D eigenvalue weighted by molar-refractivity contribution is -0.124. The van der Waals surface area contributed by atoms with Crippen LogP contribution in [0.25, 0.3) is 0 Å². The van der Waals surface area contributed by atoms with E-state index in [9.17, 15) is 14.7 Å². The zero-order chi connectivity index (χ0) is 19.1. The first-order valence-electron chi connectivity index (χ1n) is 10.2. The zero-order valence-electron chi connectivity index (χ0n) is 16.0. The molecule has 6 heteroatoms. The van der Waals surface area contributed by atoms with Gasteiger partial charge in [-0.3, -0.25) is 14.5 Å². The van der Waals surface area contributed by atoms with Crippen molar-refractivity contribution in [3.8, 4) is 0 Å². The molecule has 148 valence electrons. The third kappa shape index (κ3) is 5.78. The van der Waals surface area contributed by atoms with Crippen molar-refractivity contribution in [2.45, 2.75) is 50.7 Å². The molecule has 1 aromatic carbocycles. The number of aliphatic hydroxyl groups is 1. The molecule has 2 saturated heterocycles. The quantitative estimate of drug-likeness (QED) is 0.842. The maximum Gasteiger partial charge on any atom is 0.253 e. The topological polar surface area (TPSA) is 72.9 Å². The van der Waals surface area contributed by atoms with Gasteiger partial charge in [0.15, 0.2) is 0 Å². The lowest BCUT2D eigenvalue weighted by atomic mass is 10.0. The number of carbonyl (C=O) groups excluding carboxylic acids is 2. The molecule has 0 bridgehead atoms. The standard InChI is InChI=1S/C21H31N3O3/c25-19-15-24(21(27)17-9-5-4-6-10-17)14-11-18(19)22-20(26)16-23-12-7-2-1-3-8-13-23/h4-6,9-10,18-19,25H,1-3,7-8,11-16H2,(H,22,26). The van der Waals surface area contributed by atoms with E-state index in [2.05, 4.69) is 10.2 Å². The molecule has 0 aliphatic carbocycles. The van der Waals surface area contributed by atoms with Crippen molar-refractivity contribution >= 4 is 11.8 Å². The lowest BCUT2D eigenvalue weighted by Crippen LogP contribution is -2.56. The number of hydrogen-bond acceptors (Lipinski definition) is 4. The van der Waals surface area contributed by atoms with E-state index in [1.807, 2.05) is 18.2 Å². The van der Waals surface area contributed by atoms with Gasteiger partial charge in [0.2, 0.25) is 5.91 Å². The SMILES string of the molecule is O=C(CN1CCCCCCC1)NC1CCN(C(=O)c2ccccc2)CC1O. The Labute approximate surface area is 161 Å². The van der Waals surface area contributed by atoms with Gasteiger partial charge in [0.05, 0.1) is 18.7 Å². The minimum Gasteiger partial charge on any atom is -0.389 e. The van der Waals surface area contributed by atoms with Crippen LogP contribution in [0, 0.1) is 0 Å². The van der Waals surface area contributed by atoms with Gasteiger partial charge >= 0.3 is 0 Å². The highest BCUT2D eigenvalue weighted by atomic mass is 16.3. The van der Waals surface area contributed by atoms with E-state index < -0.39 is 6.10 Å². The van der Waals surface area contributed by atoms with Crippen LogP contribution in [0.1, 0.15) is 48.9 Å². The van der Waals surface area contributed by atoms with Gasteiger partial charge in [0.25, 0.3) is 5.91 Å². The van der Waals surface area contributed by atoms with E-state index in [1.165, 1.54) is 19.3 Å². The Morgan fingerprint density at radius 2 is 1.67 bits per heavy atom. The number of piperidine rings is 1. The molecule has 3 rings (SSSR count). The predicted molar refractivity (Wildman–Crippen MR) is 104 cm³/mol. The molecule has 2 heterocycles. The van der Waals surface area contributed by atoms with E-state index in [0.717, 1.165) is 25.9 Å². The number of carbonyl (C=O) groups is 2. The first kappa shape index (κ1) is 19.8. The first-order valence-corrected chi connectivity index (χ1v) is 10.2. The molecular formula is C21H31N3O3. The van der Waals surface area contributed by atoms with Crippen LogP contribution in [0.5, 0.6) is 0 Å². The number of amides is 2. The number of nitrogens with one attached hydrogen (secondary N) is 1. The Hall–Kier alpha value is -1.92. The van der Waals surface area contributed by atoms with Crippen LogP contribution in [0.3, 0.4) is 0 Å². The summed E-state index contributed by atoms with van der Waals surface area (Å²) in [6, 6.07) is 8.83.